The zero-order chi connectivity index (χ0) is 102. The fraction of sp³-hybridized carbons (Fsp3) is 0.462. The van der Waals surface area contributed by atoms with Gasteiger partial charge in [-0.25, -0.2) is 47.1 Å². The molecule has 0 amide bonds. The second-order valence-electron chi connectivity index (χ2n) is 37.6. The number of nitrogens with one attached hydrogen (secondary N) is 8. The fourth-order valence-electron chi connectivity index (χ4n) is 14.2. The molecular formula is C104H134F2N8O24. The molecule has 0 radical (unpaired) electrons. The van der Waals surface area contributed by atoms with E-state index >= 15 is 0 Å². The van der Waals surface area contributed by atoms with Gasteiger partial charge >= 0.3 is 47.8 Å². The number of halogens is 2. The van der Waals surface area contributed by atoms with Gasteiger partial charge in [0, 0.05) is 84.9 Å². The Morgan fingerprint density at radius 3 is 0.775 bits per heavy atom. The second-order valence-corrected chi connectivity index (χ2v) is 37.6. The van der Waals surface area contributed by atoms with Gasteiger partial charge in [-0.3, -0.25) is 0 Å². The summed E-state index contributed by atoms with van der Waals surface area (Å²) in [6, 6.07) is 24.0. The van der Waals surface area contributed by atoms with Crippen molar-refractivity contribution in [3.8, 4) is 0 Å². The highest BCUT2D eigenvalue weighted by Gasteiger charge is 2.29. The van der Waals surface area contributed by atoms with Crippen LogP contribution >= 0.6 is 0 Å². The molecular weight excluding hydrogens is 1780 g/mol. The van der Waals surface area contributed by atoms with Crippen LogP contribution in [0, 0.1) is 98.5 Å². The Morgan fingerprint density at radius 2 is 0.529 bits per heavy atom. The first-order valence-electron chi connectivity index (χ1n) is 46.7. The van der Waals surface area contributed by atoms with Crippen molar-refractivity contribution < 1.29 is 120 Å². The van der Waals surface area contributed by atoms with Crippen LogP contribution in [0.2, 0.25) is 0 Å². The smallest absolute Gasteiger partial charge is 0.355 e. The minimum Gasteiger partial charge on any atom is -0.463 e. The number of aromatic nitrogens is 8. The first kappa shape index (κ1) is 108. The van der Waals surface area contributed by atoms with E-state index in [4.69, 9.17) is 73.2 Å². The number of aromatic amines is 8. The minimum atomic E-state index is -0.518. The van der Waals surface area contributed by atoms with Gasteiger partial charge in [0.2, 0.25) is 0 Å². The van der Waals surface area contributed by atoms with E-state index in [1.54, 1.807) is 61.1 Å². The summed E-state index contributed by atoms with van der Waals surface area (Å²) in [7, 11) is 0. The lowest BCUT2D eigenvalue weighted by atomic mass is 9.96. The van der Waals surface area contributed by atoms with Gasteiger partial charge in [-0.15, -0.1) is 0 Å². The Labute approximate surface area is 798 Å². The number of esters is 8. The summed E-state index contributed by atoms with van der Waals surface area (Å²) in [5.74, 6) is 2.25. The van der Waals surface area contributed by atoms with Crippen molar-refractivity contribution in [1.29, 1.82) is 0 Å². The molecule has 0 bridgehead atoms. The minimum absolute atomic E-state index is 0.0444. The van der Waals surface area contributed by atoms with Gasteiger partial charge in [-0.1, -0.05) is 152 Å². The SMILES string of the molecule is CC(C)C(C)OC(=O)c1cc2occ(F)c2[nH]1.CC(C)C(OC(=O)c1cc2occc2[nH]1)C(C)C.CC(C)COC(=O)c1cc2occ(F)c2[nH]1.CCC(OC(=O)c1cc2oc(C)cc2[nH]1)C(C)C.CCC(OC(=O)c1cc2occc2[nH]1)C(C)C.Cc1cc2[nH]c(C(=O)OC(C(C)C)C(C)C)cc2o1.Cc1cc2[nH]c(C(=O)OC(C)C(C)C)cc2o1.Cc1cc2[nH]c(C(=O)OCC(C)C)cc2o1. The lowest BCUT2D eigenvalue weighted by Crippen LogP contribution is -2.28. The molecule has 0 fully saturated rings. The molecule has 0 saturated carbocycles. The highest BCUT2D eigenvalue weighted by atomic mass is 19.1. The molecule has 16 aromatic heterocycles. The normalized spacial score (nSPS) is 12.4. The van der Waals surface area contributed by atoms with Gasteiger partial charge in [0.05, 0.1) is 58.8 Å². The molecule has 0 aliphatic heterocycles. The number of H-pyrrole nitrogens is 8. The molecule has 0 aromatic carbocycles. The second kappa shape index (κ2) is 48.8. The molecule has 4 unspecified atom stereocenters. The molecule has 0 aliphatic carbocycles. The van der Waals surface area contributed by atoms with Crippen LogP contribution in [0.15, 0.2) is 145 Å². The van der Waals surface area contributed by atoms with E-state index in [0.29, 0.717) is 139 Å². The number of fused-ring (bicyclic) bond motifs is 8. The molecule has 748 valence electrons. The van der Waals surface area contributed by atoms with Crippen LogP contribution < -0.4 is 0 Å². The molecule has 4 atom stereocenters. The summed E-state index contributed by atoms with van der Waals surface area (Å²) >= 11 is 0. The van der Waals surface area contributed by atoms with Crippen molar-refractivity contribution >= 4 is 137 Å². The number of carbonyl (C=O) groups is 8. The number of furan rings is 8. The summed E-state index contributed by atoms with van der Waals surface area (Å²) < 4.78 is 111. The Hall–Kier alpha value is -13.8. The van der Waals surface area contributed by atoms with Crippen molar-refractivity contribution in [2.24, 2.45) is 59.2 Å². The van der Waals surface area contributed by atoms with E-state index in [2.05, 4.69) is 95.3 Å². The zero-order valence-corrected chi connectivity index (χ0v) is 84.0. The van der Waals surface area contributed by atoms with E-state index in [9.17, 15) is 47.1 Å². The predicted molar refractivity (Wildman–Crippen MR) is 519 cm³/mol. The Kier molecular flexibility index (Phi) is 38.1. The van der Waals surface area contributed by atoms with E-state index in [1.165, 1.54) is 12.1 Å². The van der Waals surface area contributed by atoms with Crippen LogP contribution in [0.3, 0.4) is 0 Å². The number of ether oxygens (including phenoxy) is 8. The number of aryl methyl sites for hydroxylation is 4. The maximum Gasteiger partial charge on any atom is 0.355 e. The lowest BCUT2D eigenvalue weighted by Gasteiger charge is -2.24. The quantitative estimate of drug-likeness (QED) is 0.0167. The van der Waals surface area contributed by atoms with Crippen LogP contribution in [0.4, 0.5) is 8.78 Å². The Morgan fingerprint density at radius 1 is 0.283 bits per heavy atom. The topological polar surface area (TPSA) is 442 Å². The molecule has 8 N–H and O–H groups in total. The number of carbonyl (C=O) groups excluding carboxylic acids is 8. The van der Waals surface area contributed by atoms with Gasteiger partial charge in [-0.05, 0) is 114 Å². The zero-order valence-electron chi connectivity index (χ0n) is 84.0. The molecule has 16 rings (SSSR count). The summed E-state index contributed by atoms with van der Waals surface area (Å²) in [4.78, 5) is 118. The van der Waals surface area contributed by atoms with Crippen molar-refractivity contribution in [3.05, 3.63) is 190 Å². The van der Waals surface area contributed by atoms with Crippen LogP contribution in [-0.4, -0.2) is 137 Å². The maximum absolute atomic E-state index is 13.1. The maximum atomic E-state index is 13.1. The van der Waals surface area contributed by atoms with Crippen LogP contribution in [-0.2, 0) is 37.9 Å². The van der Waals surface area contributed by atoms with Crippen molar-refractivity contribution in [3.63, 3.8) is 0 Å². The molecule has 32 nitrogen and oxygen atoms in total. The molecule has 16 aromatic rings. The Bertz CT molecular complexity index is 6430. The number of hydrogen-bond acceptors (Lipinski definition) is 24. The van der Waals surface area contributed by atoms with Gasteiger partial charge in [0.15, 0.2) is 56.3 Å². The van der Waals surface area contributed by atoms with Crippen molar-refractivity contribution in [1.82, 2.24) is 39.9 Å². The average Bonchev–Trinajstić information content (AvgIpc) is 1.68. The third-order valence-electron chi connectivity index (χ3n) is 22.1. The Balaban J connectivity index is 0.000000177. The molecule has 16 heterocycles. The summed E-state index contributed by atoms with van der Waals surface area (Å²) in [5, 5.41) is 0. The lowest BCUT2D eigenvalue weighted by molar-refractivity contribution is 0.00215. The summed E-state index contributed by atoms with van der Waals surface area (Å²) in [6.07, 6.45) is 6.25. The van der Waals surface area contributed by atoms with Crippen LogP contribution in [0.25, 0.3) is 88.8 Å². The van der Waals surface area contributed by atoms with Gasteiger partial charge in [0.25, 0.3) is 0 Å². The van der Waals surface area contributed by atoms with Crippen molar-refractivity contribution in [2.45, 2.75) is 243 Å². The van der Waals surface area contributed by atoms with Gasteiger partial charge in [0.1, 0.15) is 129 Å². The average molecular weight is 1920 g/mol. The standard InChI is InChI=1S/C15H21NO3.2C14H19NO3.2C13H17NO3.C12H14FNO3.C12H15NO3.C11H12FNO3/c1-8(2)14(9(3)4)19-15(17)12-7-13-11(16-12)6-10(5)18-13;1-8(2)13(9(3)4)18-14(16)11-7-12-10(15-11)5-6-17-12;1-5-12(8(2)3)18-14(16)11-7-13-10(15-11)6-9(4)17-13;1-7(2)9(4)17-13(15)11-6-12-10(14-11)5-8(3)16-12;1-4-11(8(2)3)17-13(15)10-7-12-9(14-10)5-6-16-12;1-6(2)7(3)17-12(15)9-4-10-11(14-9)8(13)5-16-10;1-7(2)6-15-12(14)10-5-11-9(13-10)4-8(3)16-11;1-6(2)4-16-11(14)8-3-9-10(13-8)7(12)5-15-9/h6-9,14,16H,1-5H3;5-9,13,15H,1-4H3;6-8,12,15H,5H2,1-4H3;5-7,9,14H,1-4H3;5-8,11,14H,4H2,1-3H3;4-7,14H,1-3H3;4-5,7,13H,6H2,1-3H3;3,5-6,13H,4H2,1-2H3. The summed E-state index contributed by atoms with van der Waals surface area (Å²) in [5.41, 5.74) is 13.1. The number of hydrogen-bond donors (Lipinski definition) is 8. The number of rotatable bonds is 28. The largest absolute Gasteiger partial charge is 0.463 e. The highest BCUT2D eigenvalue weighted by molar-refractivity contribution is 5.98. The monoisotopic (exact) mass is 1920 g/mol. The van der Waals surface area contributed by atoms with E-state index in [0.717, 1.165) is 81.5 Å². The van der Waals surface area contributed by atoms with Gasteiger partial charge < -0.3 is 113 Å². The van der Waals surface area contributed by atoms with E-state index in [1.807, 2.05) is 163 Å². The molecule has 0 saturated heterocycles. The van der Waals surface area contributed by atoms with Crippen molar-refractivity contribution in [2.75, 3.05) is 13.2 Å². The molecule has 34 heteroatoms. The third-order valence-corrected chi connectivity index (χ3v) is 22.1. The molecule has 138 heavy (non-hydrogen) atoms. The van der Waals surface area contributed by atoms with E-state index in [-0.39, 0.29) is 107 Å². The predicted octanol–water partition coefficient (Wildman–Crippen LogP) is 26.5. The summed E-state index contributed by atoms with van der Waals surface area (Å²) in [6.45, 7) is 56.4. The first-order chi connectivity index (χ1) is 65.1. The highest BCUT2D eigenvalue weighted by Crippen LogP contribution is 2.31. The van der Waals surface area contributed by atoms with E-state index < -0.39 is 23.6 Å². The third kappa shape index (κ3) is 29.6. The fourth-order valence-corrected chi connectivity index (χ4v) is 14.2. The molecule has 0 aliphatic rings. The molecule has 0 spiro atoms. The van der Waals surface area contributed by atoms with Crippen LogP contribution in [0.5, 0.6) is 0 Å². The first-order valence-corrected chi connectivity index (χ1v) is 46.7. The van der Waals surface area contributed by atoms with Crippen LogP contribution in [0.1, 0.15) is 286 Å². The van der Waals surface area contributed by atoms with Gasteiger partial charge in [-0.2, -0.15) is 0 Å².